The Morgan fingerprint density at radius 3 is 2.63 bits per heavy atom. The number of hydrogen-bond acceptors (Lipinski definition) is 3. The van der Waals surface area contributed by atoms with Crippen LogP contribution in [-0.2, 0) is 6.42 Å². The Morgan fingerprint density at radius 2 is 1.89 bits per heavy atom. The average molecular weight is 254 g/mol. The molecule has 1 aliphatic carbocycles. The second kappa shape index (κ2) is 4.12. The van der Waals surface area contributed by atoms with Crippen LogP contribution in [0.3, 0.4) is 0 Å². The fourth-order valence-electron chi connectivity index (χ4n) is 2.70. The number of rotatable bonds is 1. The highest BCUT2D eigenvalue weighted by atomic mass is 16.3. The van der Waals surface area contributed by atoms with Crippen LogP contribution < -0.4 is 0 Å². The van der Waals surface area contributed by atoms with Crippen molar-refractivity contribution in [1.82, 2.24) is 0 Å². The first-order valence-electron chi connectivity index (χ1n) is 6.26. The number of benzene rings is 2. The molecule has 0 saturated heterocycles. The van der Waals surface area contributed by atoms with Gasteiger partial charge in [-0.2, -0.15) is 0 Å². The minimum atomic E-state index is -0.0132. The molecule has 0 aromatic heterocycles. The summed E-state index contributed by atoms with van der Waals surface area (Å²) in [5, 5.41) is 19.3. The molecule has 0 radical (unpaired) electrons. The van der Waals surface area contributed by atoms with Gasteiger partial charge in [0.2, 0.25) is 0 Å². The number of phenolic OH excluding ortho intramolecular Hbond substituents is 2. The first-order valence-corrected chi connectivity index (χ1v) is 6.26. The van der Waals surface area contributed by atoms with Crippen LogP contribution >= 0.6 is 0 Å². The second-order valence-electron chi connectivity index (χ2n) is 5.01. The monoisotopic (exact) mass is 254 g/mol. The number of aromatic hydroxyl groups is 2. The third-order valence-corrected chi connectivity index (χ3v) is 3.64. The number of phenols is 2. The lowest BCUT2D eigenvalue weighted by Crippen LogP contribution is -2.04. The molecule has 3 rings (SSSR count). The van der Waals surface area contributed by atoms with Gasteiger partial charge in [0.15, 0.2) is 5.78 Å². The highest BCUT2D eigenvalue weighted by molar-refractivity contribution is 6.07. The van der Waals surface area contributed by atoms with E-state index in [-0.39, 0.29) is 23.2 Å². The van der Waals surface area contributed by atoms with Crippen molar-refractivity contribution in [2.24, 2.45) is 5.92 Å². The fourth-order valence-corrected chi connectivity index (χ4v) is 2.70. The van der Waals surface area contributed by atoms with Gasteiger partial charge >= 0.3 is 0 Å². The van der Waals surface area contributed by atoms with Crippen molar-refractivity contribution in [2.45, 2.75) is 13.3 Å². The molecule has 3 heteroatoms. The van der Waals surface area contributed by atoms with Gasteiger partial charge in [0.25, 0.3) is 0 Å². The van der Waals surface area contributed by atoms with Gasteiger partial charge in [-0.15, -0.1) is 0 Å². The number of Topliss-reactive ketones (excluding diaryl/α,β-unsaturated/α-hetero) is 1. The summed E-state index contributed by atoms with van der Waals surface area (Å²) in [6, 6.07) is 10.1. The molecule has 1 aliphatic rings. The first kappa shape index (κ1) is 11.8. The van der Waals surface area contributed by atoms with Crippen molar-refractivity contribution in [3.05, 3.63) is 47.5 Å². The third kappa shape index (κ3) is 1.78. The number of hydrogen-bond donors (Lipinski definition) is 2. The van der Waals surface area contributed by atoms with E-state index in [4.69, 9.17) is 0 Å². The Balaban J connectivity index is 2.23. The van der Waals surface area contributed by atoms with Gasteiger partial charge in [-0.25, -0.2) is 0 Å². The van der Waals surface area contributed by atoms with Crippen molar-refractivity contribution >= 4 is 5.78 Å². The van der Waals surface area contributed by atoms with Crippen LogP contribution in [0.25, 0.3) is 11.1 Å². The molecular formula is C16H14O3. The molecule has 96 valence electrons. The summed E-state index contributed by atoms with van der Waals surface area (Å²) in [6.45, 7) is 1.92. The van der Waals surface area contributed by atoms with E-state index in [1.165, 1.54) is 12.1 Å². The highest BCUT2D eigenvalue weighted by Gasteiger charge is 2.30. The smallest absolute Gasteiger partial charge is 0.166 e. The van der Waals surface area contributed by atoms with Crippen molar-refractivity contribution in [3.8, 4) is 22.6 Å². The van der Waals surface area contributed by atoms with Crippen molar-refractivity contribution < 1.29 is 15.0 Å². The molecule has 0 spiro atoms. The van der Waals surface area contributed by atoms with E-state index in [9.17, 15) is 15.0 Å². The summed E-state index contributed by atoms with van der Waals surface area (Å²) in [7, 11) is 0. The average Bonchev–Trinajstić information content (AvgIpc) is 2.65. The normalized spacial score (nSPS) is 17.5. The second-order valence-corrected chi connectivity index (χ2v) is 5.01. The summed E-state index contributed by atoms with van der Waals surface area (Å²) in [5.74, 6) is 0.114. The molecule has 1 atom stereocenters. The number of carbonyl (C=O) groups excluding carboxylic acids is 1. The van der Waals surface area contributed by atoms with E-state index in [1.54, 1.807) is 6.07 Å². The summed E-state index contributed by atoms with van der Waals surface area (Å²) in [6.07, 6.45) is 0.751. The largest absolute Gasteiger partial charge is 0.508 e. The Hall–Kier alpha value is -2.29. The zero-order valence-electron chi connectivity index (χ0n) is 10.6. The van der Waals surface area contributed by atoms with Gasteiger partial charge < -0.3 is 10.2 Å². The molecule has 1 unspecified atom stereocenters. The van der Waals surface area contributed by atoms with E-state index in [2.05, 4.69) is 0 Å². The van der Waals surface area contributed by atoms with Crippen molar-refractivity contribution in [3.63, 3.8) is 0 Å². The highest BCUT2D eigenvalue weighted by Crippen LogP contribution is 2.39. The van der Waals surface area contributed by atoms with Crippen LogP contribution in [0.2, 0.25) is 0 Å². The lowest BCUT2D eigenvalue weighted by molar-refractivity contribution is 0.0947. The van der Waals surface area contributed by atoms with Gasteiger partial charge in [0, 0.05) is 23.1 Å². The molecule has 2 aromatic carbocycles. The molecule has 0 fully saturated rings. The molecule has 0 heterocycles. The summed E-state index contributed by atoms with van der Waals surface area (Å²) in [5.41, 5.74) is 3.06. The van der Waals surface area contributed by atoms with E-state index in [1.807, 2.05) is 25.1 Å². The quantitative estimate of drug-likeness (QED) is 0.822. The van der Waals surface area contributed by atoms with Crippen LogP contribution in [0.5, 0.6) is 11.5 Å². The summed E-state index contributed by atoms with van der Waals surface area (Å²) < 4.78 is 0. The van der Waals surface area contributed by atoms with Gasteiger partial charge in [0.1, 0.15) is 11.5 Å². The van der Waals surface area contributed by atoms with Crippen LogP contribution in [0.4, 0.5) is 0 Å². The summed E-state index contributed by atoms with van der Waals surface area (Å²) in [4.78, 5) is 12.2. The van der Waals surface area contributed by atoms with E-state index < -0.39 is 0 Å². The molecule has 0 aliphatic heterocycles. The maximum Gasteiger partial charge on any atom is 0.166 e. The SMILES string of the molecule is CC1Cc2cccc(-c3ccc(O)cc3O)c2C1=O. The van der Waals surface area contributed by atoms with Crippen LogP contribution in [0, 0.1) is 5.92 Å². The molecule has 2 aromatic rings. The van der Waals surface area contributed by atoms with Gasteiger partial charge in [-0.1, -0.05) is 25.1 Å². The van der Waals surface area contributed by atoms with Crippen molar-refractivity contribution in [2.75, 3.05) is 0 Å². The van der Waals surface area contributed by atoms with Crippen LogP contribution in [0.15, 0.2) is 36.4 Å². The van der Waals surface area contributed by atoms with Crippen LogP contribution in [0.1, 0.15) is 22.8 Å². The molecule has 0 saturated carbocycles. The molecular weight excluding hydrogens is 240 g/mol. The van der Waals surface area contributed by atoms with Crippen LogP contribution in [-0.4, -0.2) is 16.0 Å². The maximum atomic E-state index is 12.2. The Bertz CT molecular complexity index is 674. The lowest BCUT2D eigenvalue weighted by Gasteiger charge is -2.10. The lowest BCUT2D eigenvalue weighted by atomic mass is 9.95. The standard InChI is InChI=1S/C16H14O3/c1-9-7-10-3-2-4-13(15(10)16(9)19)12-6-5-11(17)8-14(12)18/h2-6,8-9,17-18H,7H2,1H3. The zero-order valence-corrected chi connectivity index (χ0v) is 10.6. The molecule has 0 amide bonds. The number of ketones is 1. The van der Waals surface area contributed by atoms with Gasteiger partial charge in [-0.3, -0.25) is 4.79 Å². The first-order chi connectivity index (χ1) is 9.08. The fraction of sp³-hybridized carbons (Fsp3) is 0.188. The minimum absolute atomic E-state index is 0.00425. The molecule has 2 N–H and O–H groups in total. The molecule has 19 heavy (non-hydrogen) atoms. The molecule has 3 nitrogen and oxygen atoms in total. The van der Waals surface area contributed by atoms with E-state index in [0.29, 0.717) is 11.1 Å². The zero-order chi connectivity index (χ0) is 13.6. The minimum Gasteiger partial charge on any atom is -0.508 e. The predicted octanol–water partition coefficient (Wildman–Crippen LogP) is 3.14. The van der Waals surface area contributed by atoms with Gasteiger partial charge in [0.05, 0.1) is 0 Å². The Labute approximate surface area is 111 Å². The van der Waals surface area contributed by atoms with E-state index >= 15 is 0 Å². The number of carbonyl (C=O) groups is 1. The predicted molar refractivity (Wildman–Crippen MR) is 72.4 cm³/mol. The van der Waals surface area contributed by atoms with Gasteiger partial charge in [-0.05, 0) is 29.7 Å². The summed E-state index contributed by atoms with van der Waals surface area (Å²) >= 11 is 0. The Morgan fingerprint density at radius 1 is 1.11 bits per heavy atom. The van der Waals surface area contributed by atoms with Crippen molar-refractivity contribution in [1.29, 1.82) is 0 Å². The van der Waals surface area contributed by atoms with E-state index in [0.717, 1.165) is 17.5 Å². The number of fused-ring (bicyclic) bond motifs is 1. The molecule has 0 bridgehead atoms. The third-order valence-electron chi connectivity index (χ3n) is 3.64. The topological polar surface area (TPSA) is 57.5 Å². The Kier molecular flexibility index (Phi) is 2.56. The maximum absolute atomic E-state index is 12.2.